The number of aryl methyl sites for hydroxylation is 1. The molecule has 5 aliphatic rings. The maximum atomic E-state index is 14.4. The standard InChI is InChI=1S/C32H43FN2O3/c1-31-14-13-20(36)16-19(31)7-8-21-24-10-9-23-18(12-15-32(23,24)27(38-2)17-25(21)31)6-11-28-34-29-22(30(37)35-28)4-3-5-26(29)33/h3-5,18-21,23-25,27,36H,6-17H2,1-2H3,(H,34,35,37)/t18-,19+,20+,21-,23+,24-,25?,27-,31-,32+/m0/s1. The lowest BCUT2D eigenvalue weighted by Gasteiger charge is -2.62. The minimum Gasteiger partial charge on any atom is -0.393 e. The number of rotatable bonds is 4. The molecule has 0 bridgehead atoms. The summed E-state index contributed by atoms with van der Waals surface area (Å²) in [6, 6.07) is 4.58. The molecule has 2 aromatic rings. The first kappa shape index (κ1) is 25.2. The van der Waals surface area contributed by atoms with Crippen molar-refractivity contribution in [1.82, 2.24) is 9.97 Å². The number of ether oxygens (including phenoxy) is 1. The van der Waals surface area contributed by atoms with Crippen molar-refractivity contribution in [3.63, 3.8) is 0 Å². The monoisotopic (exact) mass is 522 g/mol. The van der Waals surface area contributed by atoms with Crippen molar-refractivity contribution in [2.45, 2.75) is 96.2 Å². The van der Waals surface area contributed by atoms with Gasteiger partial charge >= 0.3 is 0 Å². The minimum absolute atomic E-state index is 0.104. The van der Waals surface area contributed by atoms with E-state index in [1.54, 1.807) is 12.1 Å². The van der Waals surface area contributed by atoms with Gasteiger partial charge in [0, 0.05) is 18.9 Å². The molecule has 0 amide bonds. The third-order valence-corrected chi connectivity index (χ3v) is 12.8. The number of methoxy groups -OCH3 is 1. The number of aliphatic hydroxyl groups excluding tert-OH is 1. The quantitative estimate of drug-likeness (QED) is 0.514. The summed E-state index contributed by atoms with van der Waals surface area (Å²) in [7, 11) is 1.95. The Hall–Kier alpha value is -1.79. The van der Waals surface area contributed by atoms with E-state index in [2.05, 4.69) is 16.9 Å². The molecule has 1 heterocycles. The first-order valence-corrected chi connectivity index (χ1v) is 15.2. The maximum Gasteiger partial charge on any atom is 0.258 e. The van der Waals surface area contributed by atoms with E-state index in [0.29, 0.717) is 52.8 Å². The number of halogens is 1. The van der Waals surface area contributed by atoms with Crippen LogP contribution in [-0.2, 0) is 11.2 Å². The van der Waals surface area contributed by atoms with Crippen LogP contribution >= 0.6 is 0 Å². The fourth-order valence-electron chi connectivity index (χ4n) is 11.2. The van der Waals surface area contributed by atoms with Crippen LogP contribution in [0.5, 0.6) is 0 Å². The van der Waals surface area contributed by atoms with E-state index in [1.807, 2.05) is 7.11 Å². The number of nitrogens with one attached hydrogen (secondary N) is 1. The topological polar surface area (TPSA) is 75.2 Å². The average molecular weight is 523 g/mol. The van der Waals surface area contributed by atoms with Crippen molar-refractivity contribution >= 4 is 10.9 Å². The summed E-state index contributed by atoms with van der Waals surface area (Å²) in [4.78, 5) is 20.0. The third-order valence-electron chi connectivity index (χ3n) is 12.8. The minimum atomic E-state index is -0.427. The summed E-state index contributed by atoms with van der Waals surface area (Å²) in [6.07, 6.45) is 13.9. The number of hydrogen-bond acceptors (Lipinski definition) is 4. The molecule has 0 aliphatic heterocycles. The van der Waals surface area contributed by atoms with E-state index in [4.69, 9.17) is 4.74 Å². The van der Waals surface area contributed by atoms with Crippen molar-refractivity contribution in [3.8, 4) is 0 Å². The summed E-state index contributed by atoms with van der Waals surface area (Å²) in [5, 5.41) is 10.7. The Morgan fingerprint density at radius 1 is 1.08 bits per heavy atom. The van der Waals surface area contributed by atoms with Crippen LogP contribution in [0.15, 0.2) is 23.0 Å². The molecular formula is C32H43FN2O3. The molecule has 10 atom stereocenters. The van der Waals surface area contributed by atoms with Crippen LogP contribution in [0.25, 0.3) is 10.9 Å². The maximum absolute atomic E-state index is 14.4. The Morgan fingerprint density at radius 2 is 1.92 bits per heavy atom. The fourth-order valence-corrected chi connectivity index (χ4v) is 11.2. The largest absolute Gasteiger partial charge is 0.393 e. The second-order valence-electron chi connectivity index (χ2n) is 13.8. The van der Waals surface area contributed by atoms with Gasteiger partial charge in [-0.2, -0.15) is 0 Å². The van der Waals surface area contributed by atoms with E-state index in [9.17, 15) is 14.3 Å². The lowest BCUT2D eigenvalue weighted by atomic mass is 9.44. The van der Waals surface area contributed by atoms with E-state index < -0.39 is 5.82 Å². The highest BCUT2D eigenvalue weighted by Crippen LogP contribution is 2.72. The van der Waals surface area contributed by atoms with Crippen LogP contribution < -0.4 is 5.56 Å². The van der Waals surface area contributed by atoms with Gasteiger partial charge in [0.2, 0.25) is 0 Å². The number of nitrogens with zero attached hydrogens (tertiary/aromatic N) is 1. The highest BCUT2D eigenvalue weighted by atomic mass is 19.1. The Balaban J connectivity index is 1.13. The Kier molecular flexibility index (Phi) is 6.05. The molecule has 1 spiro atoms. The number of aliphatic hydroxyl groups is 1. The van der Waals surface area contributed by atoms with E-state index in [-0.39, 0.29) is 22.6 Å². The van der Waals surface area contributed by atoms with Gasteiger partial charge < -0.3 is 14.8 Å². The van der Waals surface area contributed by atoms with Crippen molar-refractivity contribution in [1.29, 1.82) is 0 Å². The summed E-state index contributed by atoms with van der Waals surface area (Å²) < 4.78 is 20.8. The van der Waals surface area contributed by atoms with Crippen LogP contribution in [0.2, 0.25) is 0 Å². The molecule has 2 N–H and O–H groups in total. The molecule has 1 aromatic heterocycles. The number of aromatic nitrogens is 2. The van der Waals surface area contributed by atoms with Crippen LogP contribution in [0, 0.1) is 52.2 Å². The molecule has 5 aliphatic carbocycles. The number of hydrogen-bond donors (Lipinski definition) is 2. The Bertz CT molecular complexity index is 1280. The third kappa shape index (κ3) is 3.54. The zero-order valence-corrected chi connectivity index (χ0v) is 22.9. The molecule has 38 heavy (non-hydrogen) atoms. The highest BCUT2D eigenvalue weighted by Gasteiger charge is 2.67. The fraction of sp³-hybridized carbons (Fsp3) is 0.750. The first-order chi connectivity index (χ1) is 18.3. The van der Waals surface area contributed by atoms with Crippen molar-refractivity contribution in [2.75, 3.05) is 7.11 Å². The molecule has 1 aromatic carbocycles. The summed E-state index contributed by atoms with van der Waals surface area (Å²) in [5.74, 6) is 4.38. The molecule has 5 saturated carbocycles. The molecule has 6 heteroatoms. The second-order valence-corrected chi connectivity index (χ2v) is 13.8. The van der Waals surface area contributed by atoms with Gasteiger partial charge in [-0.25, -0.2) is 9.37 Å². The van der Waals surface area contributed by atoms with Crippen LogP contribution in [0.4, 0.5) is 4.39 Å². The SMILES string of the molecule is CO[C@H]1CC2[C@@H](CC[C@@H]3C[C@H](O)CC[C@]23C)[C@@H]2CC[C@@H]3[C@@H](CCc4nc5c(F)cccc5c(=O)[nH]4)CC[C@@]132. The predicted molar refractivity (Wildman–Crippen MR) is 145 cm³/mol. The molecule has 1 unspecified atom stereocenters. The van der Waals surface area contributed by atoms with Crippen molar-refractivity contribution in [2.24, 2.45) is 46.3 Å². The van der Waals surface area contributed by atoms with Crippen LogP contribution in [0.1, 0.15) is 83.4 Å². The lowest BCUT2D eigenvalue weighted by molar-refractivity contribution is -0.181. The zero-order chi connectivity index (χ0) is 26.2. The van der Waals surface area contributed by atoms with Gasteiger partial charge in [-0.1, -0.05) is 13.0 Å². The van der Waals surface area contributed by atoms with Crippen LogP contribution in [-0.4, -0.2) is 34.4 Å². The summed E-state index contributed by atoms with van der Waals surface area (Å²) >= 11 is 0. The van der Waals surface area contributed by atoms with Gasteiger partial charge in [-0.15, -0.1) is 0 Å². The Labute approximate surface area is 225 Å². The number of para-hydroxylation sites is 1. The number of H-pyrrole nitrogens is 1. The van der Waals surface area contributed by atoms with Gasteiger partial charge in [0.1, 0.15) is 17.2 Å². The smallest absolute Gasteiger partial charge is 0.258 e. The summed E-state index contributed by atoms with van der Waals surface area (Å²) in [5.41, 5.74) is 0.575. The molecular weight excluding hydrogens is 479 g/mol. The van der Waals surface area contributed by atoms with Crippen LogP contribution in [0.3, 0.4) is 0 Å². The number of fused-ring (bicyclic) bond motifs is 5. The van der Waals surface area contributed by atoms with E-state index in [0.717, 1.165) is 31.1 Å². The Morgan fingerprint density at radius 3 is 2.76 bits per heavy atom. The number of benzene rings is 1. The molecule has 7 rings (SSSR count). The van der Waals surface area contributed by atoms with Gasteiger partial charge in [-0.3, -0.25) is 4.79 Å². The van der Waals surface area contributed by atoms with Gasteiger partial charge in [-0.05, 0) is 124 Å². The van der Waals surface area contributed by atoms with E-state index in [1.165, 1.54) is 57.4 Å². The van der Waals surface area contributed by atoms with Crippen molar-refractivity contribution < 1.29 is 14.2 Å². The average Bonchev–Trinajstić information content (AvgIpc) is 3.46. The highest BCUT2D eigenvalue weighted by molar-refractivity contribution is 5.77. The second kappa shape index (κ2) is 9.12. The molecule has 5 fully saturated rings. The first-order valence-electron chi connectivity index (χ1n) is 15.2. The molecule has 0 saturated heterocycles. The zero-order valence-electron chi connectivity index (χ0n) is 22.9. The van der Waals surface area contributed by atoms with Gasteiger partial charge in [0.05, 0.1) is 17.6 Å². The molecule has 0 radical (unpaired) electrons. The van der Waals surface area contributed by atoms with E-state index >= 15 is 0 Å². The molecule has 206 valence electrons. The van der Waals surface area contributed by atoms with Gasteiger partial charge in [0.15, 0.2) is 0 Å². The number of aromatic amines is 1. The van der Waals surface area contributed by atoms with Gasteiger partial charge in [0.25, 0.3) is 5.56 Å². The normalized spacial score (nSPS) is 43.9. The summed E-state index contributed by atoms with van der Waals surface area (Å²) in [6.45, 7) is 2.55. The van der Waals surface area contributed by atoms with Crippen molar-refractivity contribution in [3.05, 3.63) is 40.2 Å². The predicted octanol–water partition coefficient (Wildman–Crippen LogP) is 6.03. The lowest BCUT2D eigenvalue weighted by Crippen LogP contribution is -2.59. The molecule has 5 nitrogen and oxygen atoms in total.